The molecule has 2 aromatic carbocycles. The van der Waals surface area contributed by atoms with Gasteiger partial charge in [0.2, 0.25) is 0 Å². The summed E-state index contributed by atoms with van der Waals surface area (Å²) in [5.74, 6) is -0.383. The smallest absolute Gasteiger partial charge is 0.341 e. The van der Waals surface area contributed by atoms with Gasteiger partial charge in [-0.2, -0.15) is 0 Å². The Hall–Kier alpha value is -2.44. The van der Waals surface area contributed by atoms with Gasteiger partial charge in [-0.05, 0) is 30.3 Å². The number of carbonyl (C=O) groups excluding carboxylic acids is 2. The van der Waals surface area contributed by atoms with E-state index in [-0.39, 0.29) is 17.9 Å². The van der Waals surface area contributed by atoms with Gasteiger partial charge >= 0.3 is 5.97 Å². The highest BCUT2D eigenvalue weighted by atomic mass is 35.5. The molecule has 25 heavy (non-hydrogen) atoms. The van der Waals surface area contributed by atoms with E-state index in [0.29, 0.717) is 21.5 Å². The molecular formula is C17H15Cl2NO5. The summed E-state index contributed by atoms with van der Waals surface area (Å²) in [4.78, 5) is 23.8. The average molecular weight is 384 g/mol. The lowest BCUT2D eigenvalue weighted by Crippen LogP contribution is -2.21. The fourth-order valence-corrected chi connectivity index (χ4v) is 2.52. The largest absolute Gasteiger partial charge is 0.497 e. The molecule has 2 rings (SSSR count). The fraction of sp³-hybridized carbons (Fsp3) is 0.176. The normalized spacial score (nSPS) is 10.1. The predicted molar refractivity (Wildman–Crippen MR) is 94.9 cm³/mol. The third-order valence-electron chi connectivity index (χ3n) is 3.10. The number of anilines is 1. The summed E-state index contributed by atoms with van der Waals surface area (Å²) in [5.41, 5.74) is 0.617. The number of halogens is 2. The van der Waals surface area contributed by atoms with E-state index in [1.807, 2.05) is 0 Å². The van der Waals surface area contributed by atoms with E-state index in [1.165, 1.54) is 26.4 Å². The molecule has 1 N–H and O–H groups in total. The Labute approximate surface area is 154 Å². The van der Waals surface area contributed by atoms with E-state index >= 15 is 0 Å². The molecule has 0 atom stereocenters. The Morgan fingerprint density at radius 1 is 1.04 bits per heavy atom. The van der Waals surface area contributed by atoms with Crippen molar-refractivity contribution in [2.75, 3.05) is 26.1 Å². The predicted octanol–water partition coefficient (Wildman–Crippen LogP) is 3.81. The van der Waals surface area contributed by atoms with Crippen LogP contribution < -0.4 is 14.8 Å². The van der Waals surface area contributed by atoms with Crippen LogP contribution in [0.2, 0.25) is 10.0 Å². The molecule has 2 aromatic rings. The first-order valence-corrected chi connectivity index (χ1v) is 7.83. The molecule has 0 aliphatic rings. The monoisotopic (exact) mass is 383 g/mol. The van der Waals surface area contributed by atoms with E-state index in [1.54, 1.807) is 24.3 Å². The molecule has 0 bridgehead atoms. The van der Waals surface area contributed by atoms with Crippen LogP contribution in [0.3, 0.4) is 0 Å². The van der Waals surface area contributed by atoms with Gasteiger partial charge in [0.1, 0.15) is 17.1 Å². The number of ether oxygens (including phenoxy) is 3. The molecule has 1 amide bonds. The minimum absolute atomic E-state index is 0.172. The second-order valence-electron chi connectivity index (χ2n) is 4.85. The number of nitrogens with one attached hydrogen (secondary N) is 1. The molecule has 0 saturated heterocycles. The van der Waals surface area contributed by atoms with Gasteiger partial charge in [-0.15, -0.1) is 0 Å². The average Bonchev–Trinajstić information content (AvgIpc) is 2.58. The molecule has 8 heteroatoms. The van der Waals surface area contributed by atoms with Crippen LogP contribution in [-0.2, 0) is 9.53 Å². The zero-order valence-corrected chi connectivity index (χ0v) is 15.0. The Morgan fingerprint density at radius 2 is 1.72 bits per heavy atom. The molecule has 0 fully saturated rings. The molecule has 132 valence electrons. The molecule has 0 heterocycles. The molecular weight excluding hydrogens is 369 g/mol. The lowest BCUT2D eigenvalue weighted by Gasteiger charge is -2.12. The van der Waals surface area contributed by atoms with Gasteiger partial charge in [0, 0.05) is 21.8 Å². The summed E-state index contributed by atoms with van der Waals surface area (Å²) in [6.45, 7) is -0.332. The number of esters is 1. The second kappa shape index (κ2) is 8.60. The van der Waals surface area contributed by atoms with Crippen LogP contribution in [0.1, 0.15) is 10.4 Å². The second-order valence-corrected chi connectivity index (χ2v) is 5.72. The van der Waals surface area contributed by atoms with E-state index < -0.39 is 11.9 Å². The first-order chi connectivity index (χ1) is 11.9. The van der Waals surface area contributed by atoms with Crippen molar-refractivity contribution in [3.63, 3.8) is 0 Å². The number of benzene rings is 2. The topological polar surface area (TPSA) is 73.9 Å². The number of methoxy groups -OCH3 is 2. The molecule has 0 unspecified atom stereocenters. The number of rotatable bonds is 6. The third-order valence-corrected chi connectivity index (χ3v) is 3.54. The van der Waals surface area contributed by atoms with Crippen molar-refractivity contribution in [3.8, 4) is 11.5 Å². The van der Waals surface area contributed by atoms with Gasteiger partial charge in [0.15, 0.2) is 6.61 Å². The maximum Gasteiger partial charge on any atom is 0.341 e. The standard InChI is InChI=1S/C17H15Cl2NO5/c1-23-13-3-4-14(17(22)24-2)15(8-13)25-9-16(21)20-12-6-10(18)5-11(19)7-12/h3-8H,9H2,1-2H3,(H,20,21). The van der Waals surface area contributed by atoms with Crippen molar-refractivity contribution in [2.24, 2.45) is 0 Å². The Balaban J connectivity index is 2.09. The highest BCUT2D eigenvalue weighted by Crippen LogP contribution is 2.26. The molecule has 0 aliphatic heterocycles. The maximum atomic E-state index is 12.0. The van der Waals surface area contributed by atoms with Crippen molar-refractivity contribution in [1.29, 1.82) is 0 Å². The van der Waals surface area contributed by atoms with Crippen LogP contribution in [-0.4, -0.2) is 32.7 Å². The van der Waals surface area contributed by atoms with Gasteiger partial charge in [-0.3, -0.25) is 4.79 Å². The maximum absolute atomic E-state index is 12.0. The van der Waals surface area contributed by atoms with E-state index in [2.05, 4.69) is 10.1 Å². The molecule has 6 nitrogen and oxygen atoms in total. The van der Waals surface area contributed by atoms with Crippen LogP contribution in [0, 0.1) is 0 Å². The third kappa shape index (κ3) is 5.27. The number of carbonyl (C=O) groups is 2. The van der Waals surface area contributed by atoms with Crippen molar-refractivity contribution in [1.82, 2.24) is 0 Å². The van der Waals surface area contributed by atoms with Gasteiger partial charge < -0.3 is 19.5 Å². The molecule has 0 aliphatic carbocycles. The van der Waals surface area contributed by atoms with E-state index in [4.69, 9.17) is 32.7 Å². The van der Waals surface area contributed by atoms with Gasteiger partial charge in [-0.1, -0.05) is 23.2 Å². The van der Waals surface area contributed by atoms with Crippen LogP contribution in [0.4, 0.5) is 5.69 Å². The number of hydrogen-bond donors (Lipinski definition) is 1. The summed E-state index contributed by atoms with van der Waals surface area (Å²) in [6.07, 6.45) is 0. The lowest BCUT2D eigenvalue weighted by atomic mass is 10.2. The van der Waals surface area contributed by atoms with Crippen LogP contribution in [0.25, 0.3) is 0 Å². The first kappa shape index (κ1) is 18.9. The Kier molecular flexibility index (Phi) is 6.50. The number of amides is 1. The van der Waals surface area contributed by atoms with Gasteiger partial charge in [0.25, 0.3) is 5.91 Å². The highest BCUT2D eigenvalue weighted by Gasteiger charge is 2.15. The van der Waals surface area contributed by atoms with Crippen LogP contribution in [0.5, 0.6) is 11.5 Å². The minimum Gasteiger partial charge on any atom is -0.497 e. The van der Waals surface area contributed by atoms with E-state index in [0.717, 1.165) is 0 Å². The van der Waals surface area contributed by atoms with Crippen molar-refractivity contribution in [3.05, 3.63) is 52.0 Å². The summed E-state index contributed by atoms with van der Waals surface area (Å²) < 4.78 is 15.2. The fourth-order valence-electron chi connectivity index (χ4n) is 1.99. The van der Waals surface area contributed by atoms with Gasteiger partial charge in [-0.25, -0.2) is 4.79 Å². The highest BCUT2D eigenvalue weighted by molar-refractivity contribution is 6.35. The summed E-state index contributed by atoms with van der Waals surface area (Å²) in [5, 5.41) is 3.39. The number of hydrogen-bond acceptors (Lipinski definition) is 5. The van der Waals surface area contributed by atoms with E-state index in [9.17, 15) is 9.59 Å². The van der Waals surface area contributed by atoms with Gasteiger partial charge in [0.05, 0.1) is 14.2 Å². The summed E-state index contributed by atoms with van der Waals surface area (Å²) in [7, 11) is 2.73. The molecule has 0 spiro atoms. The first-order valence-electron chi connectivity index (χ1n) is 7.08. The quantitative estimate of drug-likeness (QED) is 0.767. The summed E-state index contributed by atoms with van der Waals surface area (Å²) >= 11 is 11.8. The SMILES string of the molecule is COC(=O)c1ccc(OC)cc1OCC(=O)Nc1cc(Cl)cc(Cl)c1. The molecule has 0 radical (unpaired) electrons. The Morgan fingerprint density at radius 3 is 2.32 bits per heavy atom. The van der Waals surface area contributed by atoms with Crippen LogP contribution >= 0.6 is 23.2 Å². The summed E-state index contributed by atoms with van der Waals surface area (Å²) in [6, 6.07) is 9.24. The molecule has 0 saturated carbocycles. The Bertz CT molecular complexity index is 774. The zero-order valence-electron chi connectivity index (χ0n) is 13.5. The van der Waals surface area contributed by atoms with Crippen molar-refractivity contribution >= 4 is 40.8 Å². The van der Waals surface area contributed by atoms with Crippen LogP contribution in [0.15, 0.2) is 36.4 Å². The van der Waals surface area contributed by atoms with Crippen molar-refractivity contribution in [2.45, 2.75) is 0 Å². The lowest BCUT2D eigenvalue weighted by molar-refractivity contribution is -0.118. The minimum atomic E-state index is -0.584. The molecule has 0 aromatic heterocycles. The zero-order chi connectivity index (χ0) is 18.4. The van der Waals surface area contributed by atoms with Crippen molar-refractivity contribution < 1.29 is 23.8 Å².